The summed E-state index contributed by atoms with van der Waals surface area (Å²) in [6, 6.07) is 8.42. The number of halogens is 2. The predicted octanol–water partition coefficient (Wildman–Crippen LogP) is 3.52. The topological polar surface area (TPSA) is 111 Å². The van der Waals surface area contributed by atoms with E-state index in [9.17, 15) is 19.7 Å². The average molecular weight is 426 g/mol. The summed E-state index contributed by atoms with van der Waals surface area (Å²) in [6.45, 7) is 1.45. The number of nitrogens with one attached hydrogen (secondary N) is 2. The van der Waals surface area contributed by atoms with Gasteiger partial charge in [0.05, 0.1) is 34.7 Å². The molecule has 2 aromatic rings. The Morgan fingerprint density at radius 3 is 2.50 bits per heavy atom. The van der Waals surface area contributed by atoms with E-state index in [-0.39, 0.29) is 29.6 Å². The van der Waals surface area contributed by atoms with Crippen LogP contribution in [0.2, 0.25) is 10.0 Å². The van der Waals surface area contributed by atoms with E-state index < -0.39 is 16.7 Å². The van der Waals surface area contributed by atoms with Gasteiger partial charge in [-0.1, -0.05) is 29.3 Å². The molecule has 0 aliphatic rings. The first-order valence-electron chi connectivity index (χ1n) is 8.08. The smallest absolute Gasteiger partial charge is 0.311 e. The summed E-state index contributed by atoms with van der Waals surface area (Å²) in [5.74, 6) is -1.02. The van der Waals surface area contributed by atoms with Gasteiger partial charge in [-0.3, -0.25) is 19.7 Å². The number of carbonyl (C=O) groups excluding carboxylic acids is 2. The molecule has 1 atom stereocenters. The van der Waals surface area contributed by atoms with E-state index in [0.29, 0.717) is 10.0 Å². The molecule has 0 saturated carbocycles. The number of methoxy groups -OCH3 is 1. The summed E-state index contributed by atoms with van der Waals surface area (Å²) < 4.78 is 4.89. The summed E-state index contributed by atoms with van der Waals surface area (Å²) in [6.07, 6.45) is 0. The van der Waals surface area contributed by atoms with E-state index in [2.05, 4.69) is 10.6 Å². The SMILES string of the molecule is COc1ccc(C(=O)NCC(=O)NC(C)c2ccc(Cl)c(Cl)c2)cc1[N+](=O)[O-]. The van der Waals surface area contributed by atoms with E-state index in [1.165, 1.54) is 19.2 Å². The second kappa shape index (κ2) is 9.38. The van der Waals surface area contributed by atoms with Gasteiger partial charge in [0.2, 0.25) is 5.91 Å². The number of ether oxygens (including phenoxy) is 1. The van der Waals surface area contributed by atoms with Crippen molar-refractivity contribution in [1.82, 2.24) is 10.6 Å². The monoisotopic (exact) mass is 425 g/mol. The molecule has 0 heterocycles. The van der Waals surface area contributed by atoms with Crippen LogP contribution in [0.5, 0.6) is 5.75 Å². The second-order valence-electron chi connectivity index (χ2n) is 5.79. The largest absolute Gasteiger partial charge is 0.490 e. The molecule has 2 rings (SSSR count). The number of hydrogen-bond donors (Lipinski definition) is 2. The summed E-state index contributed by atoms with van der Waals surface area (Å²) in [4.78, 5) is 34.6. The molecule has 2 aromatic carbocycles. The lowest BCUT2D eigenvalue weighted by Crippen LogP contribution is -2.38. The molecule has 28 heavy (non-hydrogen) atoms. The molecule has 0 fully saturated rings. The van der Waals surface area contributed by atoms with Crippen molar-refractivity contribution >= 4 is 40.7 Å². The Bertz CT molecular complexity index is 920. The minimum Gasteiger partial charge on any atom is -0.490 e. The zero-order valence-electron chi connectivity index (χ0n) is 15.0. The number of rotatable bonds is 7. The van der Waals surface area contributed by atoms with Gasteiger partial charge >= 0.3 is 5.69 Å². The van der Waals surface area contributed by atoms with Crippen LogP contribution in [0.1, 0.15) is 28.9 Å². The highest BCUT2D eigenvalue weighted by atomic mass is 35.5. The lowest BCUT2D eigenvalue weighted by atomic mass is 10.1. The van der Waals surface area contributed by atoms with Gasteiger partial charge in [-0.25, -0.2) is 0 Å². The van der Waals surface area contributed by atoms with Crippen molar-refractivity contribution in [2.24, 2.45) is 0 Å². The molecule has 0 aromatic heterocycles. The molecule has 148 valence electrons. The van der Waals surface area contributed by atoms with Crippen molar-refractivity contribution < 1.29 is 19.2 Å². The number of nitro groups is 1. The molecule has 8 nitrogen and oxygen atoms in total. The first kappa shape index (κ1) is 21.5. The molecular weight excluding hydrogens is 409 g/mol. The number of nitro benzene ring substituents is 1. The normalized spacial score (nSPS) is 11.4. The Balaban J connectivity index is 1.96. The Hall–Kier alpha value is -2.84. The molecule has 0 radical (unpaired) electrons. The van der Waals surface area contributed by atoms with E-state index in [0.717, 1.165) is 11.6 Å². The van der Waals surface area contributed by atoms with Gasteiger partial charge in [0.25, 0.3) is 5.91 Å². The number of benzene rings is 2. The Morgan fingerprint density at radius 2 is 1.89 bits per heavy atom. The quantitative estimate of drug-likeness (QED) is 0.520. The standard InChI is InChI=1S/C18H17Cl2N3O5/c1-10(11-3-5-13(19)14(20)7-11)22-17(24)9-21-18(25)12-4-6-16(28-2)15(8-12)23(26)27/h3-8,10H,9H2,1-2H3,(H,21,25)(H,22,24). The number of carbonyl (C=O) groups is 2. The molecule has 0 aliphatic heterocycles. The van der Waals surface area contributed by atoms with Crippen LogP contribution in [-0.2, 0) is 4.79 Å². The van der Waals surface area contributed by atoms with E-state index in [1.54, 1.807) is 25.1 Å². The number of amides is 2. The molecule has 1 unspecified atom stereocenters. The van der Waals surface area contributed by atoms with Gasteiger partial charge in [-0.05, 0) is 36.8 Å². The molecule has 2 amide bonds. The van der Waals surface area contributed by atoms with Gasteiger partial charge in [0.15, 0.2) is 5.75 Å². The predicted molar refractivity (Wildman–Crippen MR) is 105 cm³/mol. The van der Waals surface area contributed by atoms with Crippen molar-refractivity contribution in [3.63, 3.8) is 0 Å². The van der Waals surface area contributed by atoms with Gasteiger partial charge in [0, 0.05) is 11.6 Å². The average Bonchev–Trinajstić information content (AvgIpc) is 2.67. The minimum absolute atomic E-state index is 0.0368. The van der Waals surface area contributed by atoms with Crippen molar-refractivity contribution in [3.8, 4) is 5.75 Å². The van der Waals surface area contributed by atoms with Crippen LogP contribution in [0, 0.1) is 10.1 Å². The highest BCUT2D eigenvalue weighted by Crippen LogP contribution is 2.27. The molecule has 10 heteroatoms. The molecule has 0 saturated heterocycles. The molecule has 0 spiro atoms. The highest BCUT2D eigenvalue weighted by Gasteiger charge is 2.19. The Kier molecular flexibility index (Phi) is 7.19. The minimum atomic E-state index is -0.652. The fourth-order valence-corrected chi connectivity index (χ4v) is 2.70. The molecule has 2 N–H and O–H groups in total. The van der Waals surface area contributed by atoms with Crippen LogP contribution >= 0.6 is 23.2 Å². The Morgan fingerprint density at radius 1 is 1.18 bits per heavy atom. The van der Waals surface area contributed by atoms with Crippen LogP contribution in [0.25, 0.3) is 0 Å². The number of hydrogen-bond acceptors (Lipinski definition) is 5. The lowest BCUT2D eigenvalue weighted by molar-refractivity contribution is -0.385. The Labute approximate surface area is 170 Å². The van der Waals surface area contributed by atoms with E-state index in [4.69, 9.17) is 27.9 Å². The van der Waals surface area contributed by atoms with Crippen molar-refractivity contribution in [2.45, 2.75) is 13.0 Å². The third kappa shape index (κ3) is 5.34. The highest BCUT2D eigenvalue weighted by molar-refractivity contribution is 6.42. The van der Waals surface area contributed by atoms with Gasteiger partial charge in [-0.15, -0.1) is 0 Å². The second-order valence-corrected chi connectivity index (χ2v) is 6.60. The van der Waals surface area contributed by atoms with Crippen LogP contribution in [-0.4, -0.2) is 30.4 Å². The summed E-state index contributed by atoms with van der Waals surface area (Å²) in [5, 5.41) is 16.9. The van der Waals surface area contributed by atoms with Crippen molar-refractivity contribution in [2.75, 3.05) is 13.7 Å². The first-order valence-corrected chi connectivity index (χ1v) is 8.83. The molecule has 0 aliphatic carbocycles. The van der Waals surface area contributed by atoms with Crippen molar-refractivity contribution in [3.05, 3.63) is 67.7 Å². The molecule has 0 bridgehead atoms. The van der Waals surface area contributed by atoms with Gasteiger partial charge < -0.3 is 15.4 Å². The maximum atomic E-state index is 12.2. The summed E-state index contributed by atoms with van der Waals surface area (Å²) in [5.41, 5.74) is 0.450. The maximum Gasteiger partial charge on any atom is 0.311 e. The van der Waals surface area contributed by atoms with Crippen LogP contribution in [0.15, 0.2) is 36.4 Å². The fraction of sp³-hybridized carbons (Fsp3) is 0.222. The fourth-order valence-electron chi connectivity index (χ4n) is 2.39. The van der Waals surface area contributed by atoms with Crippen LogP contribution < -0.4 is 15.4 Å². The zero-order valence-corrected chi connectivity index (χ0v) is 16.5. The maximum absolute atomic E-state index is 12.2. The van der Waals surface area contributed by atoms with Crippen LogP contribution in [0.4, 0.5) is 5.69 Å². The van der Waals surface area contributed by atoms with Crippen molar-refractivity contribution in [1.29, 1.82) is 0 Å². The molecular formula is C18H17Cl2N3O5. The summed E-state index contributed by atoms with van der Waals surface area (Å²) >= 11 is 11.8. The van der Waals surface area contributed by atoms with Gasteiger partial charge in [0.1, 0.15) is 0 Å². The lowest BCUT2D eigenvalue weighted by Gasteiger charge is -2.15. The summed E-state index contributed by atoms with van der Waals surface area (Å²) in [7, 11) is 1.29. The van der Waals surface area contributed by atoms with E-state index >= 15 is 0 Å². The third-order valence-electron chi connectivity index (χ3n) is 3.87. The van der Waals surface area contributed by atoms with Crippen LogP contribution in [0.3, 0.4) is 0 Å². The zero-order chi connectivity index (χ0) is 20.8. The third-order valence-corrected chi connectivity index (χ3v) is 4.61. The van der Waals surface area contributed by atoms with Gasteiger partial charge in [-0.2, -0.15) is 0 Å². The first-order chi connectivity index (χ1) is 13.2. The van der Waals surface area contributed by atoms with E-state index in [1.807, 2.05) is 0 Å². The number of nitrogens with zero attached hydrogens (tertiary/aromatic N) is 1.